The Morgan fingerprint density at radius 2 is 1.50 bits per heavy atom. The number of aromatic hydroxyl groups is 1. The quantitative estimate of drug-likeness (QED) is 0.247. The molecule has 0 aliphatic carbocycles. The summed E-state index contributed by atoms with van der Waals surface area (Å²) >= 11 is 0. The number of imide groups is 1. The number of nitrogens with one attached hydrogen (secondary N) is 2. The Labute approximate surface area is 241 Å². The predicted octanol–water partition coefficient (Wildman–Crippen LogP) is 5.39. The van der Waals surface area contributed by atoms with Gasteiger partial charge in [-0.2, -0.15) is 0 Å². The summed E-state index contributed by atoms with van der Waals surface area (Å²) in [5.41, 5.74) is 5.44. The zero-order chi connectivity index (χ0) is 29.5. The fourth-order valence-electron chi connectivity index (χ4n) is 5.69. The van der Waals surface area contributed by atoms with Gasteiger partial charge in [0.25, 0.3) is 17.7 Å². The van der Waals surface area contributed by atoms with Crippen molar-refractivity contribution in [2.24, 2.45) is 0 Å². The van der Waals surface area contributed by atoms with E-state index in [4.69, 9.17) is 4.74 Å². The lowest BCUT2D eigenvalue weighted by molar-refractivity contribution is 0.0876. The minimum atomic E-state index is -1.29. The van der Waals surface area contributed by atoms with Crippen molar-refractivity contribution in [3.63, 3.8) is 0 Å². The monoisotopic (exact) mass is 561 g/mol. The summed E-state index contributed by atoms with van der Waals surface area (Å²) in [6.07, 6.45) is -1.91. The Hall–Kier alpha value is -5.15. The van der Waals surface area contributed by atoms with Crippen LogP contribution in [0.5, 0.6) is 11.5 Å². The molecule has 4 aromatic carbocycles. The second-order valence-corrected chi connectivity index (χ2v) is 11.7. The lowest BCUT2D eigenvalue weighted by atomic mass is 9.87. The molecule has 3 aliphatic heterocycles. The lowest BCUT2D eigenvalue weighted by Gasteiger charge is -2.22. The van der Waals surface area contributed by atoms with E-state index in [1.54, 1.807) is 48.5 Å². The minimum Gasteiger partial charge on any atom is -0.507 e. The summed E-state index contributed by atoms with van der Waals surface area (Å²) < 4.78 is 6.05. The molecule has 7 rings (SSSR count). The molecule has 0 aromatic heterocycles. The number of amides is 3. The van der Waals surface area contributed by atoms with Crippen LogP contribution >= 0.6 is 0 Å². The Morgan fingerprint density at radius 3 is 2.24 bits per heavy atom. The van der Waals surface area contributed by atoms with Gasteiger partial charge in [-0.05, 0) is 70.6 Å². The van der Waals surface area contributed by atoms with E-state index >= 15 is 0 Å². The fraction of sp³-hybridized carbons (Fsp3) is 0.182. The highest BCUT2D eigenvalue weighted by Gasteiger charge is 2.38. The van der Waals surface area contributed by atoms with Crippen molar-refractivity contribution in [2.75, 3.05) is 10.2 Å². The molecule has 4 aromatic rings. The van der Waals surface area contributed by atoms with Gasteiger partial charge >= 0.3 is 0 Å². The second-order valence-electron chi connectivity index (χ2n) is 11.7. The highest BCUT2D eigenvalue weighted by atomic mass is 16.5. The molecule has 4 N–H and O–H groups in total. The Morgan fingerprint density at radius 1 is 0.786 bits per heavy atom. The highest BCUT2D eigenvalue weighted by molar-refractivity contribution is 6.22. The Balaban J connectivity index is 1.15. The van der Waals surface area contributed by atoms with Crippen LogP contribution in [0, 0.1) is 0 Å². The SMILES string of the molecule is CC(C)(C)c1ccc2c(c1)NC(c1ccc(N3C(=O)c4ccc(-c5ccc6c(c5)C(=O)NC6=O)cc4C3O)cc1O)O2. The number of anilines is 2. The molecule has 0 radical (unpaired) electrons. The van der Waals surface area contributed by atoms with Crippen LogP contribution in [0.1, 0.15) is 81.0 Å². The van der Waals surface area contributed by atoms with Crippen LogP contribution in [0.3, 0.4) is 0 Å². The molecule has 3 heterocycles. The zero-order valence-electron chi connectivity index (χ0n) is 23.1. The molecule has 0 spiro atoms. The molecule has 9 nitrogen and oxygen atoms in total. The van der Waals surface area contributed by atoms with E-state index in [1.165, 1.54) is 11.0 Å². The van der Waals surface area contributed by atoms with E-state index in [9.17, 15) is 24.6 Å². The van der Waals surface area contributed by atoms with Gasteiger partial charge < -0.3 is 20.3 Å². The van der Waals surface area contributed by atoms with Crippen LogP contribution in [0.4, 0.5) is 11.4 Å². The number of aliphatic hydroxyl groups excluding tert-OH is 1. The summed E-state index contributed by atoms with van der Waals surface area (Å²) in [6, 6.07) is 20.7. The Kier molecular flexibility index (Phi) is 5.48. The first-order valence-electron chi connectivity index (χ1n) is 13.6. The van der Waals surface area contributed by atoms with Crippen molar-refractivity contribution in [3.8, 4) is 22.6 Å². The number of ether oxygens (including phenoxy) is 1. The number of phenols is 1. The van der Waals surface area contributed by atoms with Crippen LogP contribution in [-0.4, -0.2) is 27.9 Å². The molecular weight excluding hydrogens is 534 g/mol. The number of carbonyl (C=O) groups is 3. The molecule has 0 saturated heterocycles. The average molecular weight is 562 g/mol. The van der Waals surface area contributed by atoms with Gasteiger partial charge in [0.05, 0.1) is 28.1 Å². The smallest absolute Gasteiger partial charge is 0.261 e. The van der Waals surface area contributed by atoms with Crippen molar-refractivity contribution < 1.29 is 29.3 Å². The highest BCUT2D eigenvalue weighted by Crippen LogP contribution is 2.44. The number of fused-ring (bicyclic) bond motifs is 3. The van der Waals surface area contributed by atoms with Crippen LogP contribution in [0.15, 0.2) is 72.8 Å². The van der Waals surface area contributed by atoms with Crippen LogP contribution in [0.25, 0.3) is 11.1 Å². The third-order valence-corrected chi connectivity index (χ3v) is 8.04. The zero-order valence-corrected chi connectivity index (χ0v) is 23.1. The number of hydrogen-bond acceptors (Lipinski definition) is 7. The van der Waals surface area contributed by atoms with Gasteiger partial charge in [0.1, 0.15) is 11.5 Å². The van der Waals surface area contributed by atoms with Crippen molar-refractivity contribution in [1.29, 1.82) is 0 Å². The van der Waals surface area contributed by atoms with E-state index in [2.05, 4.69) is 31.4 Å². The number of phenolic OH excluding ortho intramolecular Hbond substituents is 1. The number of rotatable bonds is 3. The summed E-state index contributed by atoms with van der Waals surface area (Å²) in [5.74, 6) is -0.706. The maximum absolute atomic E-state index is 13.4. The van der Waals surface area contributed by atoms with E-state index in [-0.39, 0.29) is 16.7 Å². The minimum absolute atomic E-state index is 0.0297. The summed E-state index contributed by atoms with van der Waals surface area (Å²) in [6.45, 7) is 6.40. The van der Waals surface area contributed by atoms with E-state index < -0.39 is 30.2 Å². The first-order chi connectivity index (χ1) is 20.0. The van der Waals surface area contributed by atoms with Gasteiger partial charge in [0.2, 0.25) is 0 Å². The van der Waals surface area contributed by atoms with Crippen molar-refractivity contribution >= 4 is 29.1 Å². The predicted molar refractivity (Wildman–Crippen MR) is 156 cm³/mol. The van der Waals surface area contributed by atoms with Crippen LogP contribution in [0.2, 0.25) is 0 Å². The number of nitrogens with zero attached hydrogens (tertiary/aromatic N) is 1. The van der Waals surface area contributed by atoms with Crippen molar-refractivity contribution in [2.45, 2.75) is 38.6 Å². The molecular formula is C33H27N3O6. The number of carbonyl (C=O) groups excluding carboxylic acids is 3. The number of hydrogen-bond donors (Lipinski definition) is 4. The van der Waals surface area contributed by atoms with Crippen molar-refractivity contribution in [1.82, 2.24) is 5.32 Å². The van der Waals surface area contributed by atoms with Crippen LogP contribution in [-0.2, 0) is 5.41 Å². The molecule has 2 unspecified atom stereocenters. The number of benzene rings is 4. The largest absolute Gasteiger partial charge is 0.507 e. The fourth-order valence-corrected chi connectivity index (χ4v) is 5.69. The van der Waals surface area contributed by atoms with Gasteiger partial charge in [-0.3, -0.25) is 24.6 Å². The molecule has 3 aliphatic rings. The average Bonchev–Trinajstić information content (AvgIpc) is 3.58. The third kappa shape index (κ3) is 3.93. The van der Waals surface area contributed by atoms with Gasteiger partial charge in [-0.1, -0.05) is 39.0 Å². The van der Waals surface area contributed by atoms with Gasteiger partial charge in [-0.25, -0.2) is 0 Å². The normalized spacial score (nSPS) is 18.8. The van der Waals surface area contributed by atoms with Crippen LogP contribution < -0.4 is 20.3 Å². The van der Waals surface area contributed by atoms with Crippen molar-refractivity contribution in [3.05, 3.63) is 106 Å². The standard InChI is InChI=1S/C33H27N3O6/c1-33(2,3)18-6-11-27-25(14-18)34-30(42-27)22-10-7-19(15-26(22)37)36-31(40)21-9-5-17(13-24(21)32(36)41)16-4-8-20-23(12-16)29(39)35-28(20)38/h4-15,30,32,34,37,41H,1-3H3,(H,35,38,39). The first-order valence-corrected chi connectivity index (χ1v) is 13.6. The summed E-state index contributed by atoms with van der Waals surface area (Å²) in [5, 5.41) is 27.8. The molecule has 0 bridgehead atoms. The first kappa shape index (κ1) is 25.8. The lowest BCUT2D eigenvalue weighted by Crippen LogP contribution is -2.27. The van der Waals surface area contributed by atoms with Gasteiger partial charge in [0, 0.05) is 17.2 Å². The molecule has 210 valence electrons. The maximum Gasteiger partial charge on any atom is 0.261 e. The van der Waals surface area contributed by atoms with E-state index in [0.717, 1.165) is 11.3 Å². The Bertz CT molecular complexity index is 1860. The molecule has 9 heteroatoms. The summed E-state index contributed by atoms with van der Waals surface area (Å²) in [7, 11) is 0. The maximum atomic E-state index is 13.4. The molecule has 0 fully saturated rings. The third-order valence-electron chi connectivity index (χ3n) is 8.04. The molecule has 0 saturated carbocycles. The topological polar surface area (TPSA) is 128 Å². The van der Waals surface area contributed by atoms with E-state index in [0.29, 0.717) is 44.8 Å². The van der Waals surface area contributed by atoms with Gasteiger partial charge in [0.15, 0.2) is 12.5 Å². The van der Waals surface area contributed by atoms with Gasteiger partial charge in [-0.15, -0.1) is 0 Å². The second kappa shape index (κ2) is 8.92. The van der Waals surface area contributed by atoms with E-state index in [1.807, 2.05) is 18.2 Å². The molecule has 2 atom stereocenters. The molecule has 3 amide bonds. The molecule has 42 heavy (non-hydrogen) atoms. The summed E-state index contributed by atoms with van der Waals surface area (Å²) in [4.78, 5) is 38.6. The number of aliphatic hydroxyl groups is 1.